The maximum absolute atomic E-state index is 12.1. The van der Waals surface area contributed by atoms with Crippen molar-refractivity contribution in [1.82, 2.24) is 5.16 Å². The molecule has 0 unspecified atom stereocenters. The summed E-state index contributed by atoms with van der Waals surface area (Å²) in [7, 11) is -3.69. The Morgan fingerprint density at radius 1 is 1.45 bits per heavy atom. The van der Waals surface area contributed by atoms with Crippen LogP contribution in [0.2, 0.25) is 0 Å². The highest BCUT2D eigenvalue weighted by molar-refractivity contribution is 7.92. The number of hydrogen-bond donors (Lipinski definition) is 2. The summed E-state index contributed by atoms with van der Waals surface area (Å²) >= 11 is 0. The molecule has 1 aromatic heterocycles. The average Bonchev–Trinajstić information content (AvgIpc) is 2.89. The highest BCUT2D eigenvalue weighted by Crippen LogP contribution is 2.18. The second-order valence-corrected chi connectivity index (χ2v) is 5.64. The third kappa shape index (κ3) is 3.17. The van der Waals surface area contributed by atoms with Crippen LogP contribution in [0.5, 0.6) is 0 Å². The highest BCUT2D eigenvalue weighted by Gasteiger charge is 2.15. The van der Waals surface area contributed by atoms with E-state index in [2.05, 4.69) is 26.2 Å². The summed E-state index contributed by atoms with van der Waals surface area (Å²) in [5.41, 5.74) is 1.63. The van der Waals surface area contributed by atoms with Gasteiger partial charge >= 0.3 is 0 Å². The predicted octanol–water partition coefficient (Wildman–Crippen LogP) is 1.13. The molecule has 1 aromatic carbocycles. The Balaban J connectivity index is 2.31. The third-order valence-electron chi connectivity index (χ3n) is 2.49. The Morgan fingerprint density at radius 3 is 2.85 bits per heavy atom. The molecule has 0 saturated heterocycles. The molecule has 2 aromatic rings. The molecule has 1 heterocycles. The molecule has 0 radical (unpaired) electrons. The lowest BCUT2D eigenvalue weighted by Crippen LogP contribution is -2.12. The summed E-state index contributed by atoms with van der Waals surface area (Å²) in [4.78, 5) is 0.116. The van der Waals surface area contributed by atoms with Crippen LogP contribution in [-0.2, 0) is 10.0 Å². The van der Waals surface area contributed by atoms with Crippen LogP contribution < -0.4 is 4.72 Å². The number of aryl methyl sites for hydroxylation is 1. The van der Waals surface area contributed by atoms with E-state index in [0.717, 1.165) is 0 Å². The number of aliphatic hydroxyl groups excluding tert-OH is 1. The van der Waals surface area contributed by atoms with Gasteiger partial charge in [-0.2, -0.15) is 0 Å². The Bertz CT molecular complexity index is 755. The molecular weight excluding hydrogens is 280 g/mol. The lowest BCUT2D eigenvalue weighted by molar-refractivity contribution is 0.350. The second kappa shape index (κ2) is 5.77. The Labute approximate surface area is 116 Å². The molecule has 2 rings (SSSR count). The molecule has 20 heavy (non-hydrogen) atoms. The van der Waals surface area contributed by atoms with Gasteiger partial charge in [0, 0.05) is 5.56 Å². The number of aromatic nitrogens is 1. The molecular formula is C13H12N2O4S. The summed E-state index contributed by atoms with van der Waals surface area (Å²) in [5, 5.41) is 12.1. The summed E-state index contributed by atoms with van der Waals surface area (Å²) in [5.74, 6) is 5.27. The van der Waals surface area contributed by atoms with Gasteiger partial charge in [0.15, 0.2) is 0 Å². The Kier molecular flexibility index (Phi) is 4.08. The van der Waals surface area contributed by atoms with Gasteiger partial charge in [0.1, 0.15) is 18.6 Å². The van der Waals surface area contributed by atoms with E-state index in [-0.39, 0.29) is 17.2 Å². The van der Waals surface area contributed by atoms with E-state index in [1.165, 1.54) is 24.6 Å². The second-order valence-electron chi connectivity index (χ2n) is 3.96. The van der Waals surface area contributed by atoms with Crippen LogP contribution >= 0.6 is 0 Å². The smallest absolute Gasteiger partial charge is 0.262 e. The van der Waals surface area contributed by atoms with E-state index >= 15 is 0 Å². The van der Waals surface area contributed by atoms with E-state index in [4.69, 9.17) is 5.11 Å². The zero-order chi connectivity index (χ0) is 14.6. The zero-order valence-electron chi connectivity index (χ0n) is 10.6. The fourth-order valence-corrected chi connectivity index (χ4v) is 2.66. The molecule has 6 nitrogen and oxygen atoms in total. The predicted molar refractivity (Wildman–Crippen MR) is 72.5 cm³/mol. The van der Waals surface area contributed by atoms with Gasteiger partial charge in [-0.1, -0.05) is 17.0 Å². The summed E-state index contributed by atoms with van der Waals surface area (Å²) in [6.07, 6.45) is 2.47. The van der Waals surface area contributed by atoms with Crippen LogP contribution in [-0.4, -0.2) is 25.3 Å². The van der Waals surface area contributed by atoms with Crippen molar-refractivity contribution in [2.75, 3.05) is 11.3 Å². The van der Waals surface area contributed by atoms with E-state index in [9.17, 15) is 8.42 Å². The topological polar surface area (TPSA) is 92.4 Å². The number of hydrogen-bond acceptors (Lipinski definition) is 5. The first kappa shape index (κ1) is 14.1. The van der Waals surface area contributed by atoms with Crippen molar-refractivity contribution in [2.45, 2.75) is 11.8 Å². The first-order valence-corrected chi connectivity index (χ1v) is 7.14. The molecule has 0 spiro atoms. The minimum absolute atomic E-state index is 0.116. The van der Waals surface area contributed by atoms with Crippen molar-refractivity contribution in [3.05, 3.63) is 41.8 Å². The van der Waals surface area contributed by atoms with Gasteiger partial charge in [-0.25, -0.2) is 8.42 Å². The van der Waals surface area contributed by atoms with Crippen LogP contribution in [0, 0.1) is 18.8 Å². The molecule has 0 fully saturated rings. The van der Waals surface area contributed by atoms with Crippen molar-refractivity contribution in [1.29, 1.82) is 0 Å². The van der Waals surface area contributed by atoms with E-state index in [1.54, 1.807) is 13.0 Å². The van der Waals surface area contributed by atoms with Gasteiger partial charge in [0.2, 0.25) is 0 Å². The van der Waals surface area contributed by atoms with Gasteiger partial charge in [-0.15, -0.1) is 0 Å². The van der Waals surface area contributed by atoms with Gasteiger partial charge < -0.3 is 9.63 Å². The molecule has 0 saturated carbocycles. The van der Waals surface area contributed by atoms with Crippen LogP contribution in [0.3, 0.4) is 0 Å². The van der Waals surface area contributed by atoms with Gasteiger partial charge in [-0.05, 0) is 30.7 Å². The summed E-state index contributed by atoms with van der Waals surface area (Å²) in [6.45, 7) is 1.51. The molecule has 0 amide bonds. The van der Waals surface area contributed by atoms with Crippen LogP contribution in [0.1, 0.15) is 11.1 Å². The van der Waals surface area contributed by atoms with E-state index < -0.39 is 10.0 Å². The molecule has 0 aliphatic carbocycles. The van der Waals surface area contributed by atoms with Crippen molar-refractivity contribution >= 4 is 15.7 Å². The van der Waals surface area contributed by atoms with Crippen LogP contribution in [0.15, 0.2) is 40.1 Å². The molecule has 2 N–H and O–H groups in total. The molecule has 104 valence electrons. The van der Waals surface area contributed by atoms with Crippen molar-refractivity contribution in [2.24, 2.45) is 0 Å². The fraction of sp³-hybridized carbons (Fsp3) is 0.154. The molecule has 0 atom stereocenters. The van der Waals surface area contributed by atoms with E-state index in [0.29, 0.717) is 11.1 Å². The number of anilines is 1. The number of benzene rings is 1. The maximum atomic E-state index is 12.1. The van der Waals surface area contributed by atoms with Gasteiger partial charge in [0.25, 0.3) is 10.0 Å². The average molecular weight is 292 g/mol. The normalized spacial score (nSPS) is 10.7. The van der Waals surface area contributed by atoms with E-state index in [1.807, 2.05) is 0 Å². The lowest BCUT2D eigenvalue weighted by Gasteiger charge is -2.07. The largest absolute Gasteiger partial charge is 0.384 e. The molecule has 0 aliphatic rings. The minimum Gasteiger partial charge on any atom is -0.384 e. The molecule has 0 aliphatic heterocycles. The Morgan fingerprint density at radius 2 is 2.25 bits per heavy atom. The summed E-state index contributed by atoms with van der Waals surface area (Å²) < 4.78 is 31.1. The lowest BCUT2D eigenvalue weighted by atomic mass is 10.1. The number of aliphatic hydroxyl groups is 1. The quantitative estimate of drug-likeness (QED) is 0.827. The SMILES string of the molecule is Cc1cc(S(=O)(=O)Nc2cnoc2)ccc1C#CCO. The number of nitrogens with one attached hydrogen (secondary N) is 1. The minimum atomic E-state index is -3.69. The van der Waals surface area contributed by atoms with Crippen molar-refractivity contribution < 1.29 is 18.0 Å². The van der Waals surface area contributed by atoms with Gasteiger partial charge in [0.05, 0.1) is 11.1 Å². The first-order valence-electron chi connectivity index (χ1n) is 5.65. The maximum Gasteiger partial charge on any atom is 0.262 e. The van der Waals surface area contributed by atoms with Crippen LogP contribution in [0.25, 0.3) is 0 Å². The molecule has 0 bridgehead atoms. The summed E-state index contributed by atoms with van der Waals surface area (Å²) in [6, 6.07) is 4.56. The molecule has 7 heteroatoms. The highest BCUT2D eigenvalue weighted by atomic mass is 32.2. The van der Waals surface area contributed by atoms with Crippen LogP contribution in [0.4, 0.5) is 5.69 Å². The number of nitrogens with zero attached hydrogens (tertiary/aromatic N) is 1. The standard InChI is InChI=1S/C13H12N2O4S/c1-10-7-13(5-4-11(10)3-2-6-16)20(17,18)15-12-8-14-19-9-12/h4-5,7-9,15-16H,6H2,1H3. The van der Waals surface area contributed by atoms with Crippen molar-refractivity contribution in [3.63, 3.8) is 0 Å². The zero-order valence-corrected chi connectivity index (χ0v) is 11.4. The van der Waals surface area contributed by atoms with Crippen molar-refractivity contribution in [3.8, 4) is 11.8 Å². The number of rotatable bonds is 3. The fourth-order valence-electron chi connectivity index (χ4n) is 1.55. The Hall–Kier alpha value is -2.30. The first-order chi connectivity index (χ1) is 9.53. The number of sulfonamides is 1. The van der Waals surface area contributed by atoms with Gasteiger partial charge in [-0.3, -0.25) is 4.72 Å². The third-order valence-corrected chi connectivity index (χ3v) is 3.87. The monoisotopic (exact) mass is 292 g/mol.